The molecule has 1 unspecified atom stereocenters. The summed E-state index contributed by atoms with van der Waals surface area (Å²) in [7, 11) is 0. The van der Waals surface area contributed by atoms with E-state index in [-0.39, 0.29) is 12.4 Å². The van der Waals surface area contributed by atoms with Crippen LogP contribution in [0.4, 0.5) is 13.2 Å². The summed E-state index contributed by atoms with van der Waals surface area (Å²) >= 11 is 0. The quantitative estimate of drug-likeness (QED) is 0.498. The van der Waals surface area contributed by atoms with Crippen LogP contribution in [0, 0.1) is 4.91 Å². The van der Waals surface area contributed by atoms with Crippen LogP contribution >= 0.6 is 0 Å². The molecule has 0 fully saturated rings. The maximum Gasteiger partial charge on any atom is 0.416 e. The number of hydrogen-bond donors (Lipinski definition) is 0. The molecule has 0 aliphatic heterocycles. The topological polar surface area (TPSA) is 51.5 Å². The molecular weight excluding hydrogens is 369 g/mol. The van der Waals surface area contributed by atoms with Gasteiger partial charge in [-0.2, -0.15) is 13.2 Å². The number of halogens is 3. The molecule has 0 N–H and O–H groups in total. The summed E-state index contributed by atoms with van der Waals surface area (Å²) in [5.74, 6) is 0.143. The molecule has 0 saturated heterocycles. The van der Waals surface area contributed by atoms with Gasteiger partial charge in [-0.05, 0) is 35.4 Å². The number of nitroso groups, excluding NO2 is 1. The molecule has 2 aromatic carbocycles. The smallest absolute Gasteiger partial charge is 0.416 e. The van der Waals surface area contributed by atoms with Crippen molar-refractivity contribution >= 4 is 0 Å². The highest BCUT2D eigenvalue weighted by molar-refractivity contribution is 5.37. The molecule has 0 aliphatic carbocycles. The van der Waals surface area contributed by atoms with Crippen molar-refractivity contribution in [3.05, 3.63) is 100 Å². The molecule has 28 heavy (non-hydrogen) atoms. The maximum absolute atomic E-state index is 12.8. The van der Waals surface area contributed by atoms with Crippen molar-refractivity contribution in [1.29, 1.82) is 0 Å². The first kappa shape index (κ1) is 19.5. The van der Waals surface area contributed by atoms with E-state index in [2.05, 4.69) is 10.2 Å². The Morgan fingerprint density at radius 1 is 1.04 bits per heavy atom. The lowest BCUT2D eigenvalue weighted by molar-refractivity contribution is -0.137. The van der Waals surface area contributed by atoms with Crippen molar-refractivity contribution in [2.24, 2.45) is 5.18 Å². The van der Waals surface area contributed by atoms with Crippen molar-refractivity contribution in [1.82, 2.24) is 4.98 Å². The molecule has 0 aliphatic rings. The Kier molecular flexibility index (Phi) is 6.03. The van der Waals surface area contributed by atoms with E-state index < -0.39 is 17.8 Å². The summed E-state index contributed by atoms with van der Waals surface area (Å²) in [6.45, 7) is 0.164. The van der Waals surface area contributed by atoms with Crippen LogP contribution in [-0.2, 0) is 12.6 Å². The van der Waals surface area contributed by atoms with E-state index >= 15 is 0 Å². The van der Waals surface area contributed by atoms with Crippen LogP contribution in [0.2, 0.25) is 0 Å². The first-order valence-corrected chi connectivity index (χ1v) is 8.59. The summed E-state index contributed by atoms with van der Waals surface area (Å²) in [5.41, 5.74) is 1.47. The molecule has 0 radical (unpaired) electrons. The van der Waals surface area contributed by atoms with Crippen molar-refractivity contribution in [2.75, 3.05) is 6.61 Å². The fraction of sp³-hybridized carbons (Fsp3) is 0.190. The van der Waals surface area contributed by atoms with E-state index in [1.807, 2.05) is 12.1 Å². The third kappa shape index (κ3) is 4.73. The molecular formula is C21H17F3N2O2. The third-order valence-electron chi connectivity index (χ3n) is 4.26. The van der Waals surface area contributed by atoms with E-state index in [0.29, 0.717) is 12.0 Å². The van der Waals surface area contributed by atoms with Crippen LogP contribution in [0.3, 0.4) is 0 Å². The number of pyridine rings is 1. The van der Waals surface area contributed by atoms with Crippen molar-refractivity contribution in [3.8, 4) is 5.75 Å². The van der Waals surface area contributed by atoms with Gasteiger partial charge in [-0.3, -0.25) is 4.98 Å². The summed E-state index contributed by atoms with van der Waals surface area (Å²) in [6, 6.07) is 14.8. The number of nitrogens with zero attached hydrogens (tertiary/aromatic N) is 2. The highest BCUT2D eigenvalue weighted by Crippen LogP contribution is 2.32. The number of hydrogen-bond acceptors (Lipinski definition) is 4. The first-order valence-electron chi connectivity index (χ1n) is 8.59. The molecule has 0 bridgehead atoms. The van der Waals surface area contributed by atoms with Gasteiger partial charge in [-0.1, -0.05) is 41.6 Å². The van der Waals surface area contributed by atoms with Gasteiger partial charge in [-0.25, -0.2) is 0 Å². The van der Waals surface area contributed by atoms with Gasteiger partial charge in [0.05, 0.1) is 12.2 Å². The van der Waals surface area contributed by atoms with Gasteiger partial charge in [-0.15, -0.1) is 4.91 Å². The summed E-state index contributed by atoms with van der Waals surface area (Å²) in [5, 5.41) is 3.24. The molecule has 0 spiro atoms. The van der Waals surface area contributed by atoms with E-state index in [0.717, 1.165) is 23.3 Å². The largest absolute Gasteiger partial charge is 0.493 e. The number of ether oxygens (including phenoxy) is 1. The Labute approximate surface area is 160 Å². The lowest BCUT2D eigenvalue weighted by atomic mass is 9.95. The zero-order valence-corrected chi connectivity index (χ0v) is 14.8. The zero-order chi connectivity index (χ0) is 20.0. The molecule has 1 aromatic heterocycles. The minimum Gasteiger partial charge on any atom is -0.493 e. The van der Waals surface area contributed by atoms with Gasteiger partial charge in [0.1, 0.15) is 11.8 Å². The average Bonchev–Trinajstić information content (AvgIpc) is 2.70. The highest BCUT2D eigenvalue weighted by Gasteiger charge is 2.30. The summed E-state index contributed by atoms with van der Waals surface area (Å²) in [6.07, 6.45) is -0.806. The second-order valence-corrected chi connectivity index (χ2v) is 6.12. The lowest BCUT2D eigenvalue weighted by Gasteiger charge is -2.15. The third-order valence-corrected chi connectivity index (χ3v) is 4.26. The van der Waals surface area contributed by atoms with E-state index in [4.69, 9.17) is 4.74 Å². The van der Waals surface area contributed by atoms with Crippen molar-refractivity contribution in [3.63, 3.8) is 0 Å². The second kappa shape index (κ2) is 8.65. The molecule has 3 rings (SSSR count). The molecule has 3 aromatic rings. The highest BCUT2D eigenvalue weighted by atomic mass is 19.4. The Hall–Kier alpha value is -3.22. The predicted octanol–water partition coefficient (Wildman–Crippen LogP) is 5.58. The fourth-order valence-electron chi connectivity index (χ4n) is 2.90. The molecule has 0 amide bonds. The predicted molar refractivity (Wildman–Crippen MR) is 99.0 cm³/mol. The minimum absolute atomic E-state index is 0.143. The molecule has 4 nitrogen and oxygen atoms in total. The number of aromatic nitrogens is 1. The van der Waals surface area contributed by atoms with Crippen molar-refractivity contribution in [2.45, 2.75) is 18.6 Å². The zero-order valence-electron chi connectivity index (χ0n) is 14.8. The maximum atomic E-state index is 12.8. The average molecular weight is 386 g/mol. The van der Waals surface area contributed by atoms with Crippen LogP contribution < -0.4 is 4.74 Å². The Morgan fingerprint density at radius 3 is 2.57 bits per heavy atom. The Morgan fingerprint density at radius 2 is 1.86 bits per heavy atom. The second-order valence-electron chi connectivity index (χ2n) is 6.12. The summed E-state index contributed by atoms with van der Waals surface area (Å²) in [4.78, 5) is 15.5. The van der Waals surface area contributed by atoms with Gasteiger partial charge < -0.3 is 4.74 Å². The van der Waals surface area contributed by atoms with Crippen LogP contribution in [0.25, 0.3) is 0 Å². The summed E-state index contributed by atoms with van der Waals surface area (Å²) < 4.78 is 43.9. The lowest BCUT2D eigenvalue weighted by Crippen LogP contribution is -2.08. The van der Waals surface area contributed by atoms with E-state index in [1.54, 1.807) is 36.7 Å². The first-order chi connectivity index (χ1) is 13.5. The van der Waals surface area contributed by atoms with Gasteiger partial charge in [0.25, 0.3) is 0 Å². The minimum atomic E-state index is -4.42. The standard InChI is InChI=1S/C21H17F3N2O2/c22-21(23,24)17-7-3-8-18(13-17)28-12-10-15-5-1-2-9-19(15)20(26-27)16-6-4-11-25-14-16/h1-9,11,13-14,20H,10,12H2. The Balaban J connectivity index is 1.73. The molecule has 0 saturated carbocycles. The van der Waals surface area contributed by atoms with Gasteiger partial charge in [0.2, 0.25) is 0 Å². The molecule has 144 valence electrons. The van der Waals surface area contributed by atoms with E-state index in [1.165, 1.54) is 12.1 Å². The number of alkyl halides is 3. The van der Waals surface area contributed by atoms with Gasteiger partial charge >= 0.3 is 6.18 Å². The normalized spacial score (nSPS) is 12.4. The molecule has 1 heterocycles. The van der Waals surface area contributed by atoms with Crippen LogP contribution in [-0.4, -0.2) is 11.6 Å². The molecule has 1 atom stereocenters. The Bertz CT molecular complexity index is 930. The van der Waals surface area contributed by atoms with E-state index in [9.17, 15) is 18.1 Å². The van der Waals surface area contributed by atoms with Gasteiger partial charge in [0, 0.05) is 24.4 Å². The van der Waals surface area contributed by atoms with Crippen LogP contribution in [0.15, 0.2) is 78.2 Å². The number of rotatable bonds is 7. The van der Waals surface area contributed by atoms with Crippen LogP contribution in [0.1, 0.15) is 28.3 Å². The fourth-order valence-corrected chi connectivity index (χ4v) is 2.90. The van der Waals surface area contributed by atoms with Crippen molar-refractivity contribution < 1.29 is 17.9 Å². The van der Waals surface area contributed by atoms with Gasteiger partial charge in [0.15, 0.2) is 0 Å². The SMILES string of the molecule is O=NC(c1cccnc1)c1ccccc1CCOc1cccc(C(F)(F)F)c1. The monoisotopic (exact) mass is 386 g/mol. The number of benzene rings is 2. The molecule has 7 heteroatoms. The van der Waals surface area contributed by atoms with Crippen LogP contribution in [0.5, 0.6) is 5.75 Å².